The van der Waals surface area contributed by atoms with Crippen LogP contribution in [0.25, 0.3) is 0 Å². The molecule has 17 heavy (non-hydrogen) atoms. The molecule has 0 spiro atoms. The second-order valence-corrected chi connectivity index (χ2v) is 4.87. The molecule has 1 aliphatic carbocycles. The van der Waals surface area contributed by atoms with Crippen molar-refractivity contribution in [1.82, 2.24) is 10.2 Å². The van der Waals surface area contributed by atoms with E-state index in [1.807, 2.05) is 6.92 Å². The first kappa shape index (κ1) is 14.0. The summed E-state index contributed by atoms with van der Waals surface area (Å²) in [6, 6.07) is 0. The van der Waals surface area contributed by atoms with Crippen LogP contribution < -0.4 is 11.1 Å². The Labute approximate surface area is 103 Å². The molecule has 5 nitrogen and oxygen atoms in total. The Bertz CT molecular complexity index is 285. The van der Waals surface area contributed by atoms with Gasteiger partial charge in [-0.3, -0.25) is 9.59 Å². The van der Waals surface area contributed by atoms with Gasteiger partial charge in [-0.05, 0) is 19.3 Å². The molecule has 1 aliphatic rings. The molecule has 1 rings (SSSR count). The van der Waals surface area contributed by atoms with Gasteiger partial charge in [0, 0.05) is 13.6 Å². The van der Waals surface area contributed by atoms with Crippen molar-refractivity contribution in [2.75, 3.05) is 20.1 Å². The van der Waals surface area contributed by atoms with Crippen molar-refractivity contribution < 1.29 is 9.59 Å². The molecule has 2 amide bonds. The first-order valence-corrected chi connectivity index (χ1v) is 6.31. The Kier molecular flexibility index (Phi) is 4.93. The van der Waals surface area contributed by atoms with Crippen molar-refractivity contribution >= 4 is 11.8 Å². The van der Waals surface area contributed by atoms with Gasteiger partial charge in [0.2, 0.25) is 11.8 Å². The topological polar surface area (TPSA) is 75.4 Å². The number of carbonyl (C=O) groups excluding carboxylic acids is 2. The van der Waals surface area contributed by atoms with Crippen molar-refractivity contribution in [2.24, 2.45) is 5.73 Å². The van der Waals surface area contributed by atoms with Crippen molar-refractivity contribution in [3.63, 3.8) is 0 Å². The summed E-state index contributed by atoms with van der Waals surface area (Å²) in [4.78, 5) is 25.0. The van der Waals surface area contributed by atoms with Gasteiger partial charge in [0.1, 0.15) is 0 Å². The second-order valence-electron chi connectivity index (χ2n) is 4.87. The minimum absolute atomic E-state index is 0.0950. The summed E-state index contributed by atoms with van der Waals surface area (Å²) in [5.41, 5.74) is 5.32. The number of amides is 2. The van der Waals surface area contributed by atoms with E-state index < -0.39 is 5.54 Å². The van der Waals surface area contributed by atoms with E-state index in [1.54, 1.807) is 7.05 Å². The average molecular weight is 241 g/mol. The Hall–Kier alpha value is -1.10. The highest BCUT2D eigenvalue weighted by atomic mass is 16.2. The third-order valence-electron chi connectivity index (χ3n) is 3.22. The number of rotatable bonds is 5. The van der Waals surface area contributed by atoms with Crippen LogP contribution >= 0.6 is 0 Å². The van der Waals surface area contributed by atoms with Crippen LogP contribution in [0, 0.1) is 0 Å². The smallest absolute Gasteiger partial charge is 0.242 e. The summed E-state index contributed by atoms with van der Waals surface area (Å²) < 4.78 is 0. The number of nitrogens with two attached hydrogens (primary N) is 1. The van der Waals surface area contributed by atoms with Crippen LogP contribution in [0.5, 0.6) is 0 Å². The van der Waals surface area contributed by atoms with E-state index in [0.717, 1.165) is 32.1 Å². The molecule has 5 heteroatoms. The predicted octanol–water partition coefficient (Wildman–Crippen LogP) is 0.243. The zero-order valence-corrected chi connectivity index (χ0v) is 10.8. The Morgan fingerprint density at radius 1 is 1.35 bits per heavy atom. The lowest BCUT2D eigenvalue weighted by molar-refractivity contribution is -0.139. The van der Waals surface area contributed by atoms with Gasteiger partial charge in [0.15, 0.2) is 0 Å². The zero-order valence-electron chi connectivity index (χ0n) is 10.8. The molecule has 0 saturated heterocycles. The first-order valence-electron chi connectivity index (χ1n) is 6.31. The van der Waals surface area contributed by atoms with Crippen LogP contribution in [0.2, 0.25) is 0 Å². The highest BCUT2D eigenvalue weighted by Gasteiger charge is 2.39. The molecule has 1 fully saturated rings. The molecule has 0 aromatic carbocycles. The van der Waals surface area contributed by atoms with Crippen LogP contribution in [-0.4, -0.2) is 42.4 Å². The van der Waals surface area contributed by atoms with Crippen molar-refractivity contribution in [1.29, 1.82) is 0 Å². The zero-order chi connectivity index (χ0) is 12.9. The molecule has 98 valence electrons. The fourth-order valence-corrected chi connectivity index (χ4v) is 2.21. The average Bonchev–Trinajstić information content (AvgIpc) is 2.73. The number of hydrogen-bond acceptors (Lipinski definition) is 3. The number of nitrogens with zero attached hydrogens (tertiary/aromatic N) is 1. The molecule has 0 atom stereocenters. The number of nitrogens with one attached hydrogen (secondary N) is 1. The lowest BCUT2D eigenvalue weighted by Crippen LogP contribution is -2.54. The summed E-state index contributed by atoms with van der Waals surface area (Å²) in [6.45, 7) is 2.73. The Balaban J connectivity index is 2.44. The van der Waals surface area contributed by atoms with E-state index in [9.17, 15) is 9.59 Å². The quantitative estimate of drug-likeness (QED) is 0.724. The van der Waals surface area contributed by atoms with E-state index in [0.29, 0.717) is 6.54 Å². The summed E-state index contributed by atoms with van der Waals surface area (Å²) in [5, 5.41) is 2.75. The predicted molar refractivity (Wildman–Crippen MR) is 66.3 cm³/mol. The van der Waals surface area contributed by atoms with E-state index >= 15 is 0 Å². The van der Waals surface area contributed by atoms with Gasteiger partial charge >= 0.3 is 0 Å². The molecular formula is C12H23N3O2. The molecular weight excluding hydrogens is 218 g/mol. The van der Waals surface area contributed by atoms with Crippen LogP contribution in [-0.2, 0) is 9.59 Å². The maximum atomic E-state index is 12.1. The Morgan fingerprint density at radius 3 is 2.47 bits per heavy atom. The third-order valence-corrected chi connectivity index (χ3v) is 3.22. The molecule has 1 saturated carbocycles. The van der Waals surface area contributed by atoms with Crippen LogP contribution in [0.15, 0.2) is 0 Å². The van der Waals surface area contributed by atoms with Gasteiger partial charge in [-0.2, -0.15) is 0 Å². The number of likely N-dealkylation sites (N-methyl/N-ethyl adjacent to an activating group) is 1. The molecule has 0 bridgehead atoms. The molecule has 0 unspecified atom stereocenters. The molecule has 0 aromatic rings. The van der Waals surface area contributed by atoms with E-state index in [2.05, 4.69) is 5.32 Å². The van der Waals surface area contributed by atoms with E-state index in [1.165, 1.54) is 4.90 Å². The summed E-state index contributed by atoms with van der Waals surface area (Å²) in [7, 11) is 1.64. The fourth-order valence-electron chi connectivity index (χ4n) is 2.21. The molecule has 0 heterocycles. The van der Waals surface area contributed by atoms with Gasteiger partial charge in [0.05, 0.1) is 12.1 Å². The van der Waals surface area contributed by atoms with E-state index in [-0.39, 0.29) is 18.4 Å². The van der Waals surface area contributed by atoms with Crippen LogP contribution in [0.1, 0.15) is 39.0 Å². The van der Waals surface area contributed by atoms with Gasteiger partial charge in [-0.15, -0.1) is 0 Å². The highest BCUT2D eigenvalue weighted by Crippen LogP contribution is 2.28. The van der Waals surface area contributed by atoms with Gasteiger partial charge in [-0.25, -0.2) is 0 Å². The molecule has 0 aliphatic heterocycles. The SMILES string of the molecule is CCCNC(=O)CN(C)C(=O)C1(N)CCCC1. The first-order chi connectivity index (χ1) is 7.99. The molecule has 0 aromatic heterocycles. The number of hydrogen-bond donors (Lipinski definition) is 2. The lowest BCUT2D eigenvalue weighted by Gasteiger charge is -2.28. The Morgan fingerprint density at radius 2 is 1.94 bits per heavy atom. The van der Waals surface area contributed by atoms with Gasteiger partial charge in [-0.1, -0.05) is 19.8 Å². The summed E-state index contributed by atoms with van der Waals surface area (Å²) in [6.07, 6.45) is 4.35. The maximum Gasteiger partial charge on any atom is 0.242 e. The van der Waals surface area contributed by atoms with Crippen molar-refractivity contribution in [2.45, 2.75) is 44.6 Å². The normalized spacial score (nSPS) is 17.8. The van der Waals surface area contributed by atoms with Crippen LogP contribution in [0.3, 0.4) is 0 Å². The molecule has 3 N–H and O–H groups in total. The second kappa shape index (κ2) is 6.00. The number of carbonyl (C=O) groups is 2. The largest absolute Gasteiger partial charge is 0.355 e. The van der Waals surface area contributed by atoms with Crippen molar-refractivity contribution in [3.05, 3.63) is 0 Å². The third kappa shape index (κ3) is 3.70. The molecule has 0 radical (unpaired) electrons. The van der Waals surface area contributed by atoms with Crippen LogP contribution in [0.4, 0.5) is 0 Å². The maximum absolute atomic E-state index is 12.1. The van der Waals surface area contributed by atoms with Gasteiger partial charge < -0.3 is 16.0 Å². The summed E-state index contributed by atoms with van der Waals surface area (Å²) in [5.74, 6) is -0.231. The monoisotopic (exact) mass is 241 g/mol. The minimum Gasteiger partial charge on any atom is -0.355 e. The fraction of sp³-hybridized carbons (Fsp3) is 0.833. The highest BCUT2D eigenvalue weighted by molar-refractivity contribution is 5.90. The lowest BCUT2D eigenvalue weighted by atomic mass is 9.97. The minimum atomic E-state index is -0.736. The standard InChI is InChI=1S/C12H23N3O2/c1-3-8-14-10(16)9-15(2)11(17)12(13)6-4-5-7-12/h3-9,13H2,1-2H3,(H,14,16). The summed E-state index contributed by atoms with van der Waals surface area (Å²) >= 11 is 0. The van der Waals surface area contributed by atoms with E-state index in [4.69, 9.17) is 5.73 Å². The van der Waals surface area contributed by atoms with Crippen molar-refractivity contribution in [3.8, 4) is 0 Å². The van der Waals surface area contributed by atoms with Gasteiger partial charge in [0.25, 0.3) is 0 Å².